The minimum absolute atomic E-state index is 0.283. The SMILES string of the molecule is O=S(=O)(Cl)Cc1cc(C2CC2)no1. The zero-order chi connectivity index (χ0) is 9.47. The first-order valence-electron chi connectivity index (χ1n) is 3.92. The van der Waals surface area contributed by atoms with Gasteiger partial charge in [-0.3, -0.25) is 0 Å². The van der Waals surface area contributed by atoms with Crippen molar-refractivity contribution in [3.63, 3.8) is 0 Å². The highest BCUT2D eigenvalue weighted by Crippen LogP contribution is 2.39. The normalized spacial score (nSPS) is 17.6. The molecule has 1 aliphatic rings. The molecule has 1 aliphatic carbocycles. The first kappa shape index (κ1) is 9.02. The number of aromatic nitrogens is 1. The molecule has 0 N–H and O–H groups in total. The number of rotatable bonds is 3. The zero-order valence-electron chi connectivity index (χ0n) is 6.73. The third-order valence-electron chi connectivity index (χ3n) is 1.89. The van der Waals surface area contributed by atoms with Crippen LogP contribution in [0, 0.1) is 0 Å². The molecule has 72 valence electrons. The molecule has 1 heterocycles. The first-order chi connectivity index (χ1) is 6.04. The van der Waals surface area contributed by atoms with Gasteiger partial charge in [-0.1, -0.05) is 5.16 Å². The second-order valence-corrected chi connectivity index (χ2v) is 5.95. The van der Waals surface area contributed by atoms with Gasteiger partial charge >= 0.3 is 0 Å². The Morgan fingerprint density at radius 3 is 2.85 bits per heavy atom. The van der Waals surface area contributed by atoms with Crippen LogP contribution in [0.2, 0.25) is 0 Å². The molecular formula is C7H8ClNO3S. The number of halogens is 1. The lowest BCUT2D eigenvalue weighted by atomic mass is 10.3. The summed E-state index contributed by atoms with van der Waals surface area (Å²) in [6, 6.07) is 1.66. The molecule has 0 amide bonds. The lowest BCUT2D eigenvalue weighted by Gasteiger charge is -1.86. The van der Waals surface area contributed by atoms with E-state index in [2.05, 4.69) is 5.16 Å². The van der Waals surface area contributed by atoms with Crippen molar-refractivity contribution in [3.8, 4) is 0 Å². The van der Waals surface area contributed by atoms with Crippen molar-refractivity contribution in [2.75, 3.05) is 0 Å². The fourth-order valence-corrected chi connectivity index (χ4v) is 1.94. The Kier molecular flexibility index (Phi) is 2.08. The van der Waals surface area contributed by atoms with Crippen molar-refractivity contribution in [1.82, 2.24) is 5.16 Å². The lowest BCUT2D eigenvalue weighted by Crippen LogP contribution is -1.92. The topological polar surface area (TPSA) is 60.2 Å². The molecule has 1 saturated carbocycles. The van der Waals surface area contributed by atoms with Crippen LogP contribution in [0.4, 0.5) is 0 Å². The van der Waals surface area contributed by atoms with Crippen molar-refractivity contribution in [2.45, 2.75) is 24.5 Å². The van der Waals surface area contributed by atoms with E-state index in [4.69, 9.17) is 15.2 Å². The van der Waals surface area contributed by atoms with Gasteiger partial charge in [0.25, 0.3) is 0 Å². The van der Waals surface area contributed by atoms with Crippen LogP contribution in [0.1, 0.15) is 30.2 Å². The highest BCUT2D eigenvalue weighted by molar-refractivity contribution is 8.13. The molecule has 13 heavy (non-hydrogen) atoms. The Morgan fingerprint density at radius 2 is 2.31 bits per heavy atom. The van der Waals surface area contributed by atoms with Gasteiger partial charge in [-0.2, -0.15) is 0 Å². The molecule has 1 fully saturated rings. The quantitative estimate of drug-likeness (QED) is 0.728. The van der Waals surface area contributed by atoms with Crippen LogP contribution >= 0.6 is 10.7 Å². The third kappa shape index (κ3) is 2.45. The maximum atomic E-state index is 10.7. The Hall–Kier alpha value is -0.550. The van der Waals surface area contributed by atoms with E-state index in [0.29, 0.717) is 11.7 Å². The van der Waals surface area contributed by atoms with Crippen LogP contribution in [0.25, 0.3) is 0 Å². The molecule has 6 heteroatoms. The van der Waals surface area contributed by atoms with E-state index in [0.717, 1.165) is 18.5 Å². The van der Waals surface area contributed by atoms with Gasteiger partial charge in [-0.15, -0.1) is 0 Å². The monoisotopic (exact) mass is 221 g/mol. The highest BCUT2D eigenvalue weighted by Gasteiger charge is 2.27. The average molecular weight is 222 g/mol. The van der Waals surface area contributed by atoms with Crippen molar-refractivity contribution in [3.05, 3.63) is 17.5 Å². The minimum atomic E-state index is -3.53. The third-order valence-corrected chi connectivity index (χ3v) is 2.84. The predicted molar refractivity (Wildman–Crippen MR) is 47.0 cm³/mol. The largest absolute Gasteiger partial charge is 0.360 e. The van der Waals surface area contributed by atoms with Gasteiger partial charge in [0.05, 0.1) is 5.69 Å². The Labute approximate surface area is 80.3 Å². The fourth-order valence-electron chi connectivity index (χ4n) is 1.14. The summed E-state index contributed by atoms with van der Waals surface area (Å²) in [5.74, 6) is 0.501. The van der Waals surface area contributed by atoms with E-state index in [-0.39, 0.29) is 5.75 Å². The summed E-state index contributed by atoms with van der Waals surface area (Å²) in [6.07, 6.45) is 2.22. The highest BCUT2D eigenvalue weighted by atomic mass is 35.7. The number of hydrogen-bond acceptors (Lipinski definition) is 4. The summed E-state index contributed by atoms with van der Waals surface area (Å²) in [4.78, 5) is 0. The molecule has 0 aliphatic heterocycles. The van der Waals surface area contributed by atoms with Crippen molar-refractivity contribution in [2.24, 2.45) is 0 Å². The van der Waals surface area contributed by atoms with Gasteiger partial charge in [0, 0.05) is 22.7 Å². The molecule has 0 spiro atoms. The summed E-state index contributed by atoms with van der Waals surface area (Å²) in [5.41, 5.74) is 0.843. The van der Waals surface area contributed by atoms with Gasteiger partial charge < -0.3 is 4.52 Å². The molecule has 0 unspecified atom stereocenters. The molecule has 1 aromatic heterocycles. The summed E-state index contributed by atoms with van der Waals surface area (Å²) < 4.78 is 26.2. The van der Waals surface area contributed by atoms with Crippen LogP contribution in [0.5, 0.6) is 0 Å². The molecule has 1 aromatic rings. The smallest absolute Gasteiger partial charge is 0.239 e. The maximum Gasteiger partial charge on any atom is 0.239 e. The van der Waals surface area contributed by atoms with E-state index in [1.165, 1.54) is 0 Å². The van der Waals surface area contributed by atoms with E-state index in [1.54, 1.807) is 6.07 Å². The van der Waals surface area contributed by atoms with Gasteiger partial charge in [0.2, 0.25) is 9.05 Å². The van der Waals surface area contributed by atoms with E-state index in [9.17, 15) is 8.42 Å². The molecule has 0 atom stereocenters. The van der Waals surface area contributed by atoms with Gasteiger partial charge in [-0.25, -0.2) is 8.42 Å². The Bertz CT molecular complexity index is 407. The van der Waals surface area contributed by atoms with Crippen LogP contribution < -0.4 is 0 Å². The molecule has 2 rings (SSSR count). The molecule has 0 bridgehead atoms. The van der Waals surface area contributed by atoms with Crippen molar-refractivity contribution >= 4 is 19.7 Å². The number of hydrogen-bond donors (Lipinski definition) is 0. The summed E-state index contributed by atoms with van der Waals surface area (Å²) >= 11 is 0. The lowest BCUT2D eigenvalue weighted by molar-refractivity contribution is 0.387. The van der Waals surface area contributed by atoms with Gasteiger partial charge in [-0.05, 0) is 12.8 Å². The summed E-state index contributed by atoms with van der Waals surface area (Å²) in [7, 11) is 1.53. The van der Waals surface area contributed by atoms with Crippen LogP contribution in [0.15, 0.2) is 10.6 Å². The second-order valence-electron chi connectivity index (χ2n) is 3.18. The van der Waals surface area contributed by atoms with Gasteiger partial charge in [0.15, 0.2) is 5.76 Å². The standard InChI is InChI=1S/C7H8ClNO3S/c8-13(10,11)4-6-3-7(9-12-6)5-1-2-5/h3,5H,1-2,4H2. The Morgan fingerprint density at radius 1 is 1.62 bits per heavy atom. The molecule has 4 nitrogen and oxygen atoms in total. The molecular weight excluding hydrogens is 214 g/mol. The molecule has 0 aromatic carbocycles. The van der Waals surface area contributed by atoms with Crippen molar-refractivity contribution < 1.29 is 12.9 Å². The Balaban J connectivity index is 2.13. The van der Waals surface area contributed by atoms with Crippen molar-refractivity contribution in [1.29, 1.82) is 0 Å². The zero-order valence-corrected chi connectivity index (χ0v) is 8.31. The van der Waals surface area contributed by atoms with Crippen LogP contribution in [-0.4, -0.2) is 13.6 Å². The maximum absolute atomic E-state index is 10.7. The van der Waals surface area contributed by atoms with E-state index >= 15 is 0 Å². The minimum Gasteiger partial charge on any atom is -0.360 e. The van der Waals surface area contributed by atoms with Crippen LogP contribution in [0.3, 0.4) is 0 Å². The first-order valence-corrected chi connectivity index (χ1v) is 6.40. The van der Waals surface area contributed by atoms with E-state index in [1.807, 2.05) is 0 Å². The van der Waals surface area contributed by atoms with E-state index < -0.39 is 9.05 Å². The molecule has 0 radical (unpaired) electrons. The summed E-state index contributed by atoms with van der Waals surface area (Å²) in [5, 5.41) is 3.76. The summed E-state index contributed by atoms with van der Waals surface area (Å²) in [6.45, 7) is 0. The molecule has 0 saturated heterocycles. The van der Waals surface area contributed by atoms with Gasteiger partial charge in [0.1, 0.15) is 5.75 Å². The predicted octanol–water partition coefficient (Wildman–Crippen LogP) is 1.62. The van der Waals surface area contributed by atoms with Crippen LogP contribution in [-0.2, 0) is 14.8 Å². The second kappa shape index (κ2) is 2.99. The average Bonchev–Trinajstić information content (AvgIpc) is 2.72. The fraction of sp³-hybridized carbons (Fsp3) is 0.571. The number of nitrogens with zero attached hydrogens (tertiary/aromatic N) is 1.